The van der Waals surface area contributed by atoms with E-state index in [1.807, 2.05) is 0 Å². The van der Waals surface area contributed by atoms with E-state index < -0.39 is 10.7 Å². The zero-order valence-corrected chi connectivity index (χ0v) is 61.0. The van der Waals surface area contributed by atoms with Crippen LogP contribution in [-0.2, 0) is 0 Å². The Morgan fingerprint density at radius 2 is 0.437 bits per heavy atom. The van der Waals surface area contributed by atoms with E-state index in [0.717, 1.165) is 58.2 Å². The average Bonchev–Trinajstić information content (AvgIpc) is 3.47. The second-order valence-corrected chi connectivity index (χ2v) is 24.3. The van der Waals surface area contributed by atoms with Gasteiger partial charge in [-0.2, -0.15) is 0 Å². The molecule has 4 atom stereocenters. The van der Waals surface area contributed by atoms with Gasteiger partial charge in [-0.05, 0) is 66.2 Å². The van der Waals surface area contributed by atoms with Gasteiger partial charge in [0, 0.05) is 13.2 Å². The molecule has 0 saturated heterocycles. The van der Waals surface area contributed by atoms with Crippen LogP contribution in [0.15, 0.2) is 32.0 Å². The molecular formula is C60H143LiN8O16P2. The van der Waals surface area contributed by atoms with Gasteiger partial charge in [-0.1, -0.05) is 247 Å². The van der Waals surface area contributed by atoms with Crippen LogP contribution >= 0.6 is 18.5 Å². The van der Waals surface area contributed by atoms with Crippen molar-refractivity contribution in [3.8, 4) is 0 Å². The SMILES string of the molecule is CCCCCCCCC(O)(P)CCCCCCC.CCCCCCCCC(O)(P)CCCCCCC.CCCCCCCCO.CCCCCCCCO.CC[N+](C)(C)CC.CC[N+](C)(C)CC.O=NO.O=NO.O=NO.O=NO.O=N[O-].O=N[O-].[H-].[Li+]. The third-order valence-electron chi connectivity index (χ3n) is 13.8. The van der Waals surface area contributed by atoms with E-state index in [2.05, 4.69) is 116 Å². The molecule has 0 aromatic heterocycles. The number of nitrogens with zero attached hydrogens (tertiary/aromatic N) is 8. The molecule has 0 bridgehead atoms. The van der Waals surface area contributed by atoms with Crippen molar-refractivity contribution in [3.05, 3.63) is 39.9 Å². The minimum absolute atomic E-state index is 0. The van der Waals surface area contributed by atoms with Gasteiger partial charge in [0.15, 0.2) is 21.4 Å². The van der Waals surface area contributed by atoms with E-state index in [-0.39, 0.29) is 20.3 Å². The van der Waals surface area contributed by atoms with Gasteiger partial charge in [-0.3, -0.25) is 0 Å². The van der Waals surface area contributed by atoms with Crippen molar-refractivity contribution in [2.75, 3.05) is 67.6 Å². The molecule has 0 spiro atoms. The molecule has 27 heteroatoms. The molecule has 0 aliphatic rings. The minimum Gasteiger partial charge on any atom is -1.00 e. The summed E-state index contributed by atoms with van der Waals surface area (Å²) in [6.45, 7) is 27.9. The van der Waals surface area contributed by atoms with E-state index in [9.17, 15) is 10.2 Å². The van der Waals surface area contributed by atoms with E-state index in [4.69, 9.17) is 70.9 Å². The number of hydrogen-bond acceptors (Lipinski definition) is 18. The molecule has 4 unspecified atom stereocenters. The molecule has 530 valence electrons. The van der Waals surface area contributed by atoms with Crippen LogP contribution in [0.2, 0.25) is 0 Å². The van der Waals surface area contributed by atoms with Crippen LogP contribution in [0.3, 0.4) is 0 Å². The van der Waals surface area contributed by atoms with Crippen LogP contribution < -0.4 is 18.9 Å². The van der Waals surface area contributed by atoms with Crippen molar-refractivity contribution >= 4 is 18.5 Å². The fourth-order valence-corrected chi connectivity index (χ4v) is 7.79. The monoisotopic (exact) mass is 1300 g/mol. The van der Waals surface area contributed by atoms with Crippen molar-refractivity contribution in [1.82, 2.24) is 0 Å². The van der Waals surface area contributed by atoms with Crippen molar-refractivity contribution in [2.45, 2.75) is 324 Å². The molecule has 24 nitrogen and oxygen atoms in total. The Morgan fingerprint density at radius 1 is 0.322 bits per heavy atom. The molecule has 8 N–H and O–H groups in total. The van der Waals surface area contributed by atoms with Crippen LogP contribution in [0.5, 0.6) is 0 Å². The first-order chi connectivity index (χ1) is 40.8. The maximum absolute atomic E-state index is 10.2. The van der Waals surface area contributed by atoms with Crippen molar-refractivity contribution in [2.24, 2.45) is 32.0 Å². The second-order valence-electron chi connectivity index (χ2n) is 22.2. The topological polar surface area (TPSA) is 385 Å². The van der Waals surface area contributed by atoms with Crippen molar-refractivity contribution in [3.63, 3.8) is 0 Å². The molecule has 0 saturated carbocycles. The number of rotatable bonds is 42. The smallest absolute Gasteiger partial charge is 1.00 e. The zero-order chi connectivity index (χ0) is 69.4. The third-order valence-corrected chi connectivity index (χ3v) is 15.0. The van der Waals surface area contributed by atoms with Gasteiger partial charge in [-0.25, -0.2) is 0 Å². The largest absolute Gasteiger partial charge is 1.00 e. The fourth-order valence-electron chi connectivity index (χ4n) is 6.97. The third kappa shape index (κ3) is 180. The van der Waals surface area contributed by atoms with Gasteiger partial charge in [0.1, 0.15) is 0 Å². The number of aliphatic hydroxyl groups is 4. The first kappa shape index (κ1) is 115. The molecule has 0 aromatic rings. The Bertz CT molecular complexity index is 1060. The maximum Gasteiger partial charge on any atom is 1.00 e. The zero-order valence-electron chi connectivity index (χ0n) is 59.7. The van der Waals surface area contributed by atoms with Crippen LogP contribution in [0.25, 0.3) is 0 Å². The maximum atomic E-state index is 10.2. The van der Waals surface area contributed by atoms with Gasteiger partial charge >= 0.3 is 18.9 Å². The Labute approximate surface area is 550 Å². The average molecular weight is 1300 g/mol. The number of quaternary nitrogens is 2. The number of unbranched alkanes of at least 4 members (excludes halogenated alkanes) is 28. The quantitative estimate of drug-likeness (QED) is 0.00703. The first-order valence-corrected chi connectivity index (χ1v) is 33.6. The van der Waals surface area contributed by atoms with Gasteiger partial charge < -0.3 is 71.9 Å². The van der Waals surface area contributed by atoms with Gasteiger partial charge in [-0.15, -0.1) is 48.8 Å². The van der Waals surface area contributed by atoms with Gasteiger partial charge in [0.2, 0.25) is 0 Å². The van der Waals surface area contributed by atoms with Crippen molar-refractivity contribution < 1.29 is 70.5 Å². The normalized spacial score (nSPS) is 10.9. The van der Waals surface area contributed by atoms with E-state index in [1.165, 1.54) is 253 Å². The number of hydrogen-bond donors (Lipinski definition) is 8. The molecule has 0 aliphatic heterocycles. The summed E-state index contributed by atoms with van der Waals surface area (Å²) in [5, 5.41) is 85.9. The predicted octanol–water partition coefficient (Wildman–Crippen LogP) is 16.4. The summed E-state index contributed by atoms with van der Waals surface area (Å²) >= 11 is 0. The van der Waals surface area contributed by atoms with Crippen LogP contribution in [-0.4, -0.2) is 128 Å². The molecule has 0 radical (unpaired) electrons. The summed E-state index contributed by atoms with van der Waals surface area (Å²) in [5.74, 6) is 0. The van der Waals surface area contributed by atoms with Crippen LogP contribution in [0, 0.1) is 39.9 Å². The summed E-state index contributed by atoms with van der Waals surface area (Å²) in [4.78, 5) is 48.4. The molecule has 0 aliphatic carbocycles. The van der Waals surface area contributed by atoms with Crippen LogP contribution in [0.1, 0.15) is 315 Å². The summed E-state index contributed by atoms with van der Waals surface area (Å²) in [6, 6.07) is 0. The predicted molar refractivity (Wildman–Crippen MR) is 369 cm³/mol. The molecule has 0 rings (SSSR count). The Hall–Kier alpha value is -2.38. The summed E-state index contributed by atoms with van der Waals surface area (Å²) in [7, 11) is 14.3. The standard InChI is InChI=1S/2C16H35OP.2C8H18O.2C6H16N.Li.6HNO2.H/c2*1-3-5-7-9-11-13-15-16(17,18)14-12-10-8-6-4-2;2*1-2-3-4-5-6-7-8-9;2*1-5-7(3,4)6-2;;6*2-1-3;/h2*17H,3-15,18H2,1-2H3;2*9H,2-8H2,1H3;2*5-6H2,1-4H3;;6*(H,2,3);/q;;;;3*+1;;;;;;;-1/p-2. The molecule has 0 heterocycles. The fraction of sp³-hybridized carbons (Fsp3) is 1.00. The van der Waals surface area contributed by atoms with Gasteiger partial charge in [0.25, 0.3) is 0 Å². The number of aliphatic hydroxyl groups excluding tert-OH is 2. The van der Waals surface area contributed by atoms with Crippen molar-refractivity contribution in [1.29, 1.82) is 0 Å². The van der Waals surface area contributed by atoms with Gasteiger partial charge in [0.05, 0.1) is 65.1 Å². The first-order valence-electron chi connectivity index (χ1n) is 32.5. The Balaban J connectivity index is -0.0000000603. The van der Waals surface area contributed by atoms with Crippen LogP contribution in [0.4, 0.5) is 0 Å². The van der Waals surface area contributed by atoms with E-state index in [0.29, 0.717) is 13.2 Å². The Morgan fingerprint density at radius 3 is 0.540 bits per heavy atom. The Kier molecular flexibility index (Phi) is 148. The molecule has 87 heavy (non-hydrogen) atoms. The molecule has 0 aromatic carbocycles. The molecule has 0 amide bonds. The second kappa shape index (κ2) is 111. The van der Waals surface area contributed by atoms with E-state index >= 15 is 0 Å². The summed E-state index contributed by atoms with van der Waals surface area (Å²) in [5.41, 5.74) is 0. The summed E-state index contributed by atoms with van der Waals surface area (Å²) in [6.07, 6.45) is 47.3. The molecular weight excluding hydrogens is 1160 g/mol. The minimum atomic E-state index is -0.489. The van der Waals surface area contributed by atoms with E-state index in [1.54, 1.807) is 0 Å². The summed E-state index contributed by atoms with van der Waals surface area (Å²) < 4.78 is 2.28. The molecule has 0 fully saturated rings.